The number of aliphatic hydroxyl groups is 1. The van der Waals surface area contributed by atoms with Crippen molar-refractivity contribution in [3.8, 4) is 11.5 Å². The summed E-state index contributed by atoms with van der Waals surface area (Å²) >= 11 is 0. The van der Waals surface area contributed by atoms with Gasteiger partial charge in [-0.15, -0.1) is 0 Å². The van der Waals surface area contributed by atoms with Crippen LogP contribution in [0, 0.1) is 0 Å². The van der Waals surface area contributed by atoms with Gasteiger partial charge in [0.05, 0.1) is 20.3 Å². The predicted octanol–water partition coefficient (Wildman–Crippen LogP) is 2.41. The van der Waals surface area contributed by atoms with Gasteiger partial charge in [-0.2, -0.15) is 0 Å². The summed E-state index contributed by atoms with van der Waals surface area (Å²) in [5.74, 6) is 0.880. The molecule has 0 aliphatic rings. The molecule has 0 radical (unpaired) electrons. The first-order valence-corrected chi connectivity index (χ1v) is 6.49. The van der Waals surface area contributed by atoms with E-state index in [4.69, 9.17) is 9.47 Å². The maximum absolute atomic E-state index is 12.2. The van der Waals surface area contributed by atoms with E-state index in [9.17, 15) is 9.90 Å². The number of aliphatic hydroxyl groups excluding tert-OH is 1. The quantitative estimate of drug-likeness (QED) is 0.826. The average Bonchev–Trinajstić information content (AvgIpc) is 2.54. The summed E-state index contributed by atoms with van der Waals surface area (Å²) in [6.07, 6.45) is 2.31. The van der Waals surface area contributed by atoms with Crippen molar-refractivity contribution >= 4 is 5.78 Å². The molecular formula is C16H17NO4. The lowest BCUT2D eigenvalue weighted by Gasteiger charge is -2.12. The molecule has 0 spiro atoms. The minimum Gasteiger partial charge on any atom is -0.493 e. The normalized spacial score (nSPS) is 11.8. The summed E-state index contributed by atoms with van der Waals surface area (Å²) in [5, 5.41) is 10.1. The highest BCUT2D eigenvalue weighted by Gasteiger charge is 2.16. The molecule has 1 heterocycles. The van der Waals surface area contributed by atoms with Gasteiger partial charge in [0.1, 0.15) is 0 Å². The first-order chi connectivity index (χ1) is 10.2. The first kappa shape index (κ1) is 15.0. The van der Waals surface area contributed by atoms with Crippen LogP contribution in [0.3, 0.4) is 0 Å². The third kappa shape index (κ3) is 3.58. The molecule has 21 heavy (non-hydrogen) atoms. The number of nitrogens with zero attached hydrogens (tertiary/aromatic N) is 1. The Bertz CT molecular complexity index is 613. The fourth-order valence-corrected chi connectivity index (χ4v) is 2.01. The highest BCUT2D eigenvalue weighted by atomic mass is 16.5. The number of carbonyl (C=O) groups is 1. The Labute approximate surface area is 123 Å². The fourth-order valence-electron chi connectivity index (χ4n) is 2.01. The van der Waals surface area contributed by atoms with Gasteiger partial charge < -0.3 is 14.6 Å². The van der Waals surface area contributed by atoms with Gasteiger partial charge in [-0.25, -0.2) is 0 Å². The topological polar surface area (TPSA) is 68.7 Å². The molecule has 5 heteroatoms. The molecule has 0 fully saturated rings. The van der Waals surface area contributed by atoms with Crippen molar-refractivity contribution in [3.05, 3.63) is 53.9 Å². The van der Waals surface area contributed by atoms with Crippen LogP contribution >= 0.6 is 0 Å². The molecule has 1 atom stereocenters. The lowest BCUT2D eigenvalue weighted by molar-refractivity contribution is 0.0879. The van der Waals surface area contributed by atoms with Gasteiger partial charge in [0.15, 0.2) is 17.3 Å². The highest BCUT2D eigenvalue weighted by Crippen LogP contribution is 2.29. The van der Waals surface area contributed by atoms with Crippen molar-refractivity contribution in [2.75, 3.05) is 14.2 Å². The van der Waals surface area contributed by atoms with E-state index >= 15 is 0 Å². The largest absolute Gasteiger partial charge is 0.493 e. The Morgan fingerprint density at radius 1 is 1.14 bits per heavy atom. The van der Waals surface area contributed by atoms with E-state index in [1.165, 1.54) is 14.2 Å². The molecule has 0 saturated heterocycles. The second-order valence-electron chi connectivity index (χ2n) is 4.49. The number of benzene rings is 1. The van der Waals surface area contributed by atoms with Crippen molar-refractivity contribution in [1.29, 1.82) is 0 Å². The van der Waals surface area contributed by atoms with Crippen LogP contribution in [0.5, 0.6) is 11.5 Å². The molecule has 5 nitrogen and oxygen atoms in total. The average molecular weight is 287 g/mol. The maximum atomic E-state index is 12.2. The first-order valence-electron chi connectivity index (χ1n) is 6.49. The third-order valence-electron chi connectivity index (χ3n) is 3.18. The van der Waals surface area contributed by atoms with Crippen molar-refractivity contribution in [1.82, 2.24) is 4.98 Å². The van der Waals surface area contributed by atoms with Gasteiger partial charge in [-0.05, 0) is 35.9 Å². The number of pyridine rings is 1. The zero-order chi connectivity index (χ0) is 15.2. The van der Waals surface area contributed by atoms with Gasteiger partial charge in [-0.1, -0.05) is 0 Å². The number of carbonyl (C=O) groups excluding carboxylic acids is 1. The van der Waals surface area contributed by atoms with Crippen molar-refractivity contribution in [2.24, 2.45) is 0 Å². The van der Waals surface area contributed by atoms with E-state index in [0.29, 0.717) is 22.6 Å². The summed E-state index contributed by atoms with van der Waals surface area (Å²) < 4.78 is 10.3. The van der Waals surface area contributed by atoms with Crippen molar-refractivity contribution in [2.45, 2.75) is 12.5 Å². The van der Waals surface area contributed by atoms with Crippen LogP contribution in [-0.2, 0) is 0 Å². The zero-order valence-electron chi connectivity index (χ0n) is 11.9. The van der Waals surface area contributed by atoms with E-state index in [1.807, 2.05) is 0 Å². The Hall–Kier alpha value is -2.40. The second-order valence-corrected chi connectivity index (χ2v) is 4.49. The molecule has 1 aromatic heterocycles. The van der Waals surface area contributed by atoms with Gasteiger partial charge in [0.25, 0.3) is 0 Å². The van der Waals surface area contributed by atoms with Crippen LogP contribution < -0.4 is 9.47 Å². The van der Waals surface area contributed by atoms with E-state index in [1.54, 1.807) is 42.7 Å². The molecular weight excluding hydrogens is 270 g/mol. The summed E-state index contributed by atoms with van der Waals surface area (Å²) in [6, 6.07) is 8.31. The monoisotopic (exact) mass is 287 g/mol. The third-order valence-corrected chi connectivity index (χ3v) is 3.18. The molecule has 1 unspecified atom stereocenters. The standard InChI is InChI=1S/C16H17NO4/c1-20-15-4-3-12(9-16(15)21-2)14(19)10-13(18)11-5-7-17-8-6-11/h3-9,13,18H,10H2,1-2H3. The Morgan fingerprint density at radius 3 is 2.43 bits per heavy atom. The molecule has 0 amide bonds. The molecule has 1 aromatic carbocycles. The SMILES string of the molecule is COc1ccc(C(=O)CC(O)c2ccncc2)cc1OC. The summed E-state index contributed by atoms with van der Waals surface area (Å²) in [5.41, 5.74) is 1.14. The van der Waals surface area contributed by atoms with E-state index < -0.39 is 6.10 Å². The lowest BCUT2D eigenvalue weighted by atomic mass is 10.0. The predicted molar refractivity (Wildman–Crippen MR) is 77.7 cm³/mol. The van der Waals surface area contributed by atoms with Crippen LogP contribution in [0.25, 0.3) is 0 Å². The Morgan fingerprint density at radius 2 is 1.81 bits per heavy atom. The maximum Gasteiger partial charge on any atom is 0.165 e. The molecule has 0 aliphatic carbocycles. The van der Waals surface area contributed by atoms with Crippen LogP contribution in [-0.4, -0.2) is 30.1 Å². The number of ether oxygens (including phenoxy) is 2. The van der Waals surface area contributed by atoms with Gasteiger partial charge in [0, 0.05) is 24.4 Å². The number of hydrogen-bond donors (Lipinski definition) is 1. The molecule has 2 rings (SSSR count). The van der Waals surface area contributed by atoms with E-state index in [0.717, 1.165) is 0 Å². The molecule has 0 aliphatic heterocycles. The summed E-state index contributed by atoms with van der Waals surface area (Å²) in [7, 11) is 3.05. The lowest BCUT2D eigenvalue weighted by Crippen LogP contribution is -2.07. The van der Waals surface area contributed by atoms with Gasteiger partial charge in [-0.3, -0.25) is 9.78 Å². The zero-order valence-corrected chi connectivity index (χ0v) is 11.9. The Kier molecular flexibility index (Phi) is 4.90. The van der Waals surface area contributed by atoms with Crippen LogP contribution in [0.15, 0.2) is 42.7 Å². The minimum absolute atomic E-state index is 0.000500. The van der Waals surface area contributed by atoms with E-state index in [2.05, 4.69) is 4.98 Å². The van der Waals surface area contributed by atoms with Gasteiger partial charge in [0.2, 0.25) is 0 Å². The fraction of sp³-hybridized carbons (Fsp3) is 0.250. The minimum atomic E-state index is -0.853. The van der Waals surface area contributed by atoms with Gasteiger partial charge >= 0.3 is 0 Å². The molecule has 2 aromatic rings. The smallest absolute Gasteiger partial charge is 0.165 e. The Balaban J connectivity index is 2.13. The molecule has 0 bridgehead atoms. The molecule has 110 valence electrons. The second kappa shape index (κ2) is 6.85. The number of rotatable bonds is 6. The van der Waals surface area contributed by atoms with Crippen LogP contribution in [0.1, 0.15) is 28.4 Å². The number of hydrogen-bond acceptors (Lipinski definition) is 5. The van der Waals surface area contributed by atoms with Crippen LogP contribution in [0.2, 0.25) is 0 Å². The number of aromatic nitrogens is 1. The number of ketones is 1. The summed E-state index contributed by atoms with van der Waals surface area (Å²) in [4.78, 5) is 16.1. The molecule has 0 saturated carbocycles. The summed E-state index contributed by atoms with van der Waals surface area (Å²) in [6.45, 7) is 0. The number of Topliss-reactive ketones (excluding diaryl/α,β-unsaturated/α-hetero) is 1. The van der Waals surface area contributed by atoms with E-state index in [-0.39, 0.29) is 12.2 Å². The van der Waals surface area contributed by atoms with Crippen molar-refractivity contribution < 1.29 is 19.4 Å². The van der Waals surface area contributed by atoms with Crippen LogP contribution in [0.4, 0.5) is 0 Å². The highest BCUT2D eigenvalue weighted by molar-refractivity contribution is 5.97. The number of methoxy groups -OCH3 is 2. The molecule has 1 N–H and O–H groups in total. The van der Waals surface area contributed by atoms with Crippen molar-refractivity contribution in [3.63, 3.8) is 0 Å².